The minimum Gasteiger partial charge on any atom is -0.331 e. The van der Waals surface area contributed by atoms with Crippen molar-refractivity contribution in [1.82, 2.24) is 19.9 Å². The zero-order chi connectivity index (χ0) is 56.9. The van der Waals surface area contributed by atoms with Crippen LogP contribution in [-0.4, -0.2) is 97.8 Å². The molecule has 4 amide bonds. The van der Waals surface area contributed by atoms with E-state index in [-0.39, 0.29) is 64.7 Å². The molecule has 1 aliphatic carbocycles. The van der Waals surface area contributed by atoms with Gasteiger partial charge in [0, 0.05) is 88.0 Å². The molecule has 1 saturated carbocycles. The number of aromatic nitrogens is 3. The van der Waals surface area contributed by atoms with Gasteiger partial charge in [-0.25, -0.2) is 9.97 Å². The molecule has 0 atom stereocenters. The molecule has 77 heavy (non-hydrogen) atoms. The molecule has 0 spiro atoms. The summed E-state index contributed by atoms with van der Waals surface area (Å²) >= 11 is 0. The first-order chi connectivity index (χ1) is 36.7. The summed E-state index contributed by atoms with van der Waals surface area (Å²) in [6.07, 6.45) is 13.1. The summed E-state index contributed by atoms with van der Waals surface area (Å²) in [4.78, 5) is 125. The lowest BCUT2D eigenvalue weighted by atomic mass is 9.92. The van der Waals surface area contributed by atoms with E-state index in [1.54, 1.807) is 89.9 Å². The number of ketones is 6. The number of aromatic amines is 1. The monoisotopic (exact) mass is 1050 g/mol. The molecule has 2 aromatic heterocycles. The average Bonchev–Trinajstić information content (AvgIpc) is 4.08. The highest BCUT2D eigenvalue weighted by atomic mass is 16.2. The van der Waals surface area contributed by atoms with Gasteiger partial charge in [-0.1, -0.05) is 83.9 Å². The number of anilines is 2. The highest BCUT2D eigenvalue weighted by molar-refractivity contribution is 6.07. The van der Waals surface area contributed by atoms with E-state index in [4.69, 9.17) is 5.73 Å². The van der Waals surface area contributed by atoms with Crippen LogP contribution >= 0.6 is 0 Å². The lowest BCUT2D eigenvalue weighted by Gasteiger charge is -2.29. The van der Waals surface area contributed by atoms with Gasteiger partial charge in [0.2, 0.25) is 23.7 Å². The van der Waals surface area contributed by atoms with Crippen LogP contribution in [0.5, 0.6) is 0 Å². The van der Waals surface area contributed by atoms with Crippen LogP contribution in [0.2, 0.25) is 0 Å². The fourth-order valence-electron chi connectivity index (χ4n) is 7.50. The van der Waals surface area contributed by atoms with Gasteiger partial charge in [0.1, 0.15) is 34.9 Å². The topological polar surface area (TPSA) is 248 Å². The first-order valence-corrected chi connectivity index (χ1v) is 25.4. The largest absolute Gasteiger partial charge is 0.331 e. The van der Waals surface area contributed by atoms with Crippen molar-refractivity contribution in [3.05, 3.63) is 167 Å². The van der Waals surface area contributed by atoms with E-state index in [1.165, 1.54) is 18.7 Å². The summed E-state index contributed by atoms with van der Waals surface area (Å²) in [6, 6.07) is 31.0. The van der Waals surface area contributed by atoms with Crippen molar-refractivity contribution in [2.24, 2.45) is 5.73 Å². The Morgan fingerprint density at radius 1 is 0.584 bits per heavy atom. The van der Waals surface area contributed by atoms with E-state index in [0.29, 0.717) is 62.3 Å². The third-order valence-electron chi connectivity index (χ3n) is 11.3. The second kappa shape index (κ2) is 33.5. The van der Waals surface area contributed by atoms with E-state index < -0.39 is 5.92 Å². The summed E-state index contributed by atoms with van der Waals surface area (Å²) in [6.45, 7) is 14.7. The van der Waals surface area contributed by atoms with Crippen molar-refractivity contribution in [1.29, 1.82) is 0 Å². The van der Waals surface area contributed by atoms with Gasteiger partial charge in [0.15, 0.2) is 11.6 Å². The number of allylic oxidation sites excluding steroid dienone is 4. The molecular formula is C60H71N7O10. The van der Waals surface area contributed by atoms with E-state index >= 15 is 0 Å². The summed E-state index contributed by atoms with van der Waals surface area (Å²) in [5.74, 6) is 1.13. The van der Waals surface area contributed by atoms with Gasteiger partial charge in [0.25, 0.3) is 5.91 Å². The fraction of sp³-hybridized carbons (Fsp3) is 0.333. The van der Waals surface area contributed by atoms with Crippen molar-refractivity contribution >= 4 is 70.1 Å². The number of nitrogens with two attached hydrogens (primary N) is 1. The number of pyridine rings is 1. The Morgan fingerprint density at radius 2 is 1.16 bits per heavy atom. The van der Waals surface area contributed by atoms with Crippen LogP contribution in [0.15, 0.2) is 145 Å². The number of nitrogens with zero attached hydrogens (tertiary/aromatic N) is 5. The molecule has 9 rings (SSSR count). The molecule has 3 aromatic carbocycles. The number of rotatable bonds is 10. The minimum absolute atomic E-state index is 0.0419. The zero-order valence-electron chi connectivity index (χ0n) is 45.2. The Hall–Kier alpha value is -8.44. The molecule has 17 heteroatoms. The van der Waals surface area contributed by atoms with Crippen molar-refractivity contribution in [2.75, 3.05) is 29.4 Å². The molecule has 4 aliphatic rings. The van der Waals surface area contributed by atoms with Gasteiger partial charge >= 0.3 is 0 Å². The second-order valence-corrected chi connectivity index (χ2v) is 18.5. The number of hydrogen-bond donors (Lipinski definition) is 2. The molecule has 17 nitrogen and oxygen atoms in total. The molecule has 406 valence electrons. The van der Waals surface area contributed by atoms with Crippen molar-refractivity contribution in [3.63, 3.8) is 0 Å². The summed E-state index contributed by atoms with van der Waals surface area (Å²) < 4.78 is 0. The van der Waals surface area contributed by atoms with Crippen LogP contribution in [0.1, 0.15) is 138 Å². The number of nitrogens with one attached hydrogen (secondary N) is 1. The number of imide groups is 1. The first-order valence-electron chi connectivity index (χ1n) is 25.4. The number of carbonyl (C=O) groups excluding carboxylic acids is 10. The summed E-state index contributed by atoms with van der Waals surface area (Å²) in [7, 11) is 0. The van der Waals surface area contributed by atoms with Crippen LogP contribution in [0.25, 0.3) is 0 Å². The lowest BCUT2D eigenvalue weighted by Crippen LogP contribution is -2.44. The molecule has 5 heterocycles. The molecular weight excluding hydrogens is 979 g/mol. The minimum atomic E-state index is -0.582. The van der Waals surface area contributed by atoms with E-state index in [1.807, 2.05) is 88.4 Å². The molecule has 0 radical (unpaired) electrons. The third-order valence-corrected chi connectivity index (χ3v) is 11.3. The number of β-lactam (4-membered cyclic amide) rings is 2. The van der Waals surface area contributed by atoms with Crippen LogP contribution in [0.3, 0.4) is 0 Å². The van der Waals surface area contributed by atoms with Gasteiger partial charge < -0.3 is 10.7 Å². The van der Waals surface area contributed by atoms with Crippen molar-refractivity contribution in [3.8, 4) is 0 Å². The maximum atomic E-state index is 11.8. The predicted molar refractivity (Wildman–Crippen MR) is 296 cm³/mol. The Morgan fingerprint density at radius 3 is 1.56 bits per heavy atom. The Kier molecular flexibility index (Phi) is 27.3. The Balaban J connectivity index is 0.000000239. The molecule has 3 N–H and O–H groups in total. The quantitative estimate of drug-likeness (QED) is 0.0437. The summed E-state index contributed by atoms with van der Waals surface area (Å²) in [5, 5.41) is 0. The van der Waals surface area contributed by atoms with Crippen LogP contribution in [0.4, 0.5) is 11.8 Å². The Bertz CT molecular complexity index is 2810. The van der Waals surface area contributed by atoms with Crippen LogP contribution in [-0.2, 0) is 44.9 Å². The average molecular weight is 1050 g/mol. The normalized spacial score (nSPS) is 13.9. The maximum absolute atomic E-state index is 11.8. The lowest BCUT2D eigenvalue weighted by molar-refractivity contribution is -0.130. The van der Waals surface area contributed by atoms with Crippen LogP contribution in [0, 0.1) is 0 Å². The first kappa shape index (κ1) is 62.9. The second-order valence-electron chi connectivity index (χ2n) is 18.5. The van der Waals surface area contributed by atoms with Crippen molar-refractivity contribution < 1.29 is 47.9 Å². The third kappa shape index (κ3) is 22.9. The van der Waals surface area contributed by atoms with Gasteiger partial charge in [-0.05, 0) is 115 Å². The Labute approximate surface area is 451 Å². The van der Waals surface area contributed by atoms with Gasteiger partial charge in [-0.3, -0.25) is 62.6 Å². The number of carbonyl (C=O) groups is 10. The number of benzene rings is 3. The van der Waals surface area contributed by atoms with E-state index in [2.05, 4.69) is 15.0 Å². The number of hydrogen-bond acceptors (Lipinski definition) is 13. The molecule has 0 bridgehead atoms. The highest BCUT2D eigenvalue weighted by Gasteiger charge is 2.28. The number of Topliss-reactive ketones (excluding diaryl/α,β-unsaturated/α-hetero) is 4. The van der Waals surface area contributed by atoms with Gasteiger partial charge in [-0.15, -0.1) is 0 Å². The number of likely N-dealkylation sites (tertiary alicyclic amines) is 1. The smallest absolute Gasteiger partial charge is 0.260 e. The predicted octanol–water partition coefficient (Wildman–Crippen LogP) is 8.90. The highest BCUT2D eigenvalue weighted by Crippen LogP contribution is 2.19. The molecule has 0 unspecified atom stereocenters. The van der Waals surface area contributed by atoms with Crippen LogP contribution < -0.4 is 15.5 Å². The van der Waals surface area contributed by atoms with Gasteiger partial charge in [0.05, 0.1) is 6.42 Å². The molecule has 3 aliphatic heterocycles. The standard InChI is InChI=1S/C12H15NO.C11H11NO2.C11H12O2.C8H8N2O.C6H7N3O.C6H8O2.C6H10O/c1-9(2)6-12(14)11-5-3-4-10(7-11)8-13;13-10-7-4-8-12(10)11(14)9-5-2-1-3-6-9;1-8(12)11(9(2)13)10-6-4-3-5-7-10;11-8-4-6-10(8)7-3-1-2-5-9-7;10-5-1-4-9(5)6-7-2-3-8-6;7-5-2-1-3-6(8)4-5;1-5(2)4-6(3)7/h3-7H,8,13H2,1-2H3;1-3,5-6H,4,7-8H2;3-7,11H,1-2H3;1-3,5H,4,6H2;2-3H,1,4H2,(H,7,8);1-4H2;4H,1-3H3. The number of amides is 4. The number of H-pyrrole nitrogens is 1. The fourth-order valence-corrected chi connectivity index (χ4v) is 7.50. The maximum Gasteiger partial charge on any atom is 0.260 e. The summed E-state index contributed by atoms with van der Waals surface area (Å²) in [5.41, 5.74) is 10.6. The number of imidazole rings is 1. The zero-order valence-corrected chi connectivity index (χ0v) is 45.2. The van der Waals surface area contributed by atoms with E-state index in [9.17, 15) is 47.9 Å². The molecule has 3 saturated heterocycles. The SMILES string of the molecule is CC(=O)C(C(C)=O)c1ccccc1.CC(=O)C=C(C)C.CC(C)=CC(=O)c1cccc(CN)c1.O=C1CCCC(=O)C1.O=C1CCCN1C(=O)c1ccccc1.O=C1CCN1c1ccccn1.O=C1CCN1c1ncc[nH]1. The van der Waals surface area contributed by atoms with Gasteiger partial charge in [-0.2, -0.15) is 0 Å². The van der Waals surface area contributed by atoms with E-state index in [0.717, 1.165) is 54.0 Å². The van der Waals surface area contributed by atoms with Crippen molar-refractivity contribution in [2.45, 2.75) is 112 Å². The molecule has 4 fully saturated rings. The molecule has 5 aromatic rings.